The van der Waals surface area contributed by atoms with E-state index in [0.29, 0.717) is 107 Å². The summed E-state index contributed by atoms with van der Waals surface area (Å²) in [5, 5.41) is 11.9. The number of fused-ring (bicyclic) bond motifs is 1. The summed E-state index contributed by atoms with van der Waals surface area (Å²) in [6, 6.07) is 47.1. The molecule has 0 bridgehead atoms. The van der Waals surface area contributed by atoms with Crippen LogP contribution in [0.3, 0.4) is 0 Å². The van der Waals surface area contributed by atoms with Crippen LogP contribution in [0.15, 0.2) is 180 Å². The number of ether oxygens (including phenoxy) is 6. The summed E-state index contributed by atoms with van der Waals surface area (Å²) in [6.07, 6.45) is 6.53. The van der Waals surface area contributed by atoms with Crippen LogP contribution >= 0.6 is 0 Å². The van der Waals surface area contributed by atoms with Gasteiger partial charge < -0.3 is 54.3 Å². The van der Waals surface area contributed by atoms with Gasteiger partial charge in [0, 0.05) is 76.8 Å². The molecule has 6 aromatic carbocycles. The van der Waals surface area contributed by atoms with Gasteiger partial charge in [0.1, 0.15) is 29.5 Å². The Morgan fingerprint density at radius 3 is 1.81 bits per heavy atom. The zero-order valence-corrected chi connectivity index (χ0v) is 51.9. The Hall–Kier alpha value is -9.19. The van der Waals surface area contributed by atoms with Crippen molar-refractivity contribution >= 4 is 50.8 Å². The van der Waals surface area contributed by atoms with Gasteiger partial charge in [-0.25, -0.2) is 18.2 Å². The predicted molar refractivity (Wildman–Crippen MR) is 342 cm³/mol. The topological polar surface area (TPSA) is 258 Å². The molecule has 90 heavy (non-hydrogen) atoms. The molecule has 0 fully saturated rings. The lowest BCUT2D eigenvalue weighted by molar-refractivity contribution is -0.142. The minimum Gasteiger partial charge on any atom is -0.494 e. The summed E-state index contributed by atoms with van der Waals surface area (Å²) in [5.41, 5.74) is 4.49. The van der Waals surface area contributed by atoms with E-state index in [1.165, 1.54) is 6.20 Å². The molecule has 2 aromatic heterocycles. The summed E-state index contributed by atoms with van der Waals surface area (Å²) in [4.78, 5) is 69.9. The van der Waals surface area contributed by atoms with E-state index < -0.39 is 51.5 Å². The Morgan fingerprint density at radius 2 is 1.22 bits per heavy atom. The molecule has 0 saturated heterocycles. The van der Waals surface area contributed by atoms with Crippen LogP contribution < -0.4 is 36.2 Å². The number of sulfonamides is 1. The van der Waals surface area contributed by atoms with Crippen LogP contribution in [0.5, 0.6) is 5.75 Å². The zero-order valence-electron chi connectivity index (χ0n) is 51.1. The van der Waals surface area contributed by atoms with Gasteiger partial charge in [-0.3, -0.25) is 23.7 Å². The quantitative estimate of drug-likeness (QED) is 0.0143. The summed E-state index contributed by atoms with van der Waals surface area (Å²) < 4.78 is 66.8. The van der Waals surface area contributed by atoms with Crippen LogP contribution in [0.2, 0.25) is 0 Å². The number of carbonyl (C=O) groups excluding carboxylic acids is 4. The van der Waals surface area contributed by atoms with Crippen molar-refractivity contribution < 1.29 is 56.0 Å². The first-order valence-corrected chi connectivity index (χ1v) is 31.3. The van der Waals surface area contributed by atoms with Crippen molar-refractivity contribution in [3.05, 3.63) is 225 Å². The highest BCUT2D eigenvalue weighted by atomic mass is 32.2. The minimum absolute atomic E-state index is 0.1000. The number of hydrogen-bond donors (Lipinski definition) is 5. The first-order valence-electron chi connectivity index (χ1n) is 29.8. The van der Waals surface area contributed by atoms with Crippen LogP contribution in [-0.2, 0) is 69.0 Å². The number of aryl methyl sites for hydroxylation is 3. The van der Waals surface area contributed by atoms with E-state index in [0.717, 1.165) is 34.9 Å². The second-order valence-electron chi connectivity index (χ2n) is 21.2. The number of aromatic nitrogens is 3. The molecular formula is C68H78N8O13S. The van der Waals surface area contributed by atoms with E-state index >= 15 is 0 Å². The van der Waals surface area contributed by atoms with Gasteiger partial charge in [0.15, 0.2) is 0 Å². The van der Waals surface area contributed by atoms with E-state index in [1.807, 2.05) is 97.2 Å². The van der Waals surface area contributed by atoms with Crippen LogP contribution in [-0.4, -0.2) is 125 Å². The average molecular weight is 1250 g/mol. The molecule has 8 aromatic rings. The van der Waals surface area contributed by atoms with Crippen LogP contribution in [0, 0.1) is 13.8 Å². The molecular weight excluding hydrogens is 1170 g/mol. The van der Waals surface area contributed by atoms with E-state index in [1.54, 1.807) is 55.9 Å². The third-order valence-electron chi connectivity index (χ3n) is 14.8. The molecule has 0 aliphatic carbocycles. The number of nitrogens with one attached hydrogen (secondary N) is 5. The van der Waals surface area contributed by atoms with Crippen molar-refractivity contribution in [1.29, 1.82) is 0 Å². The van der Waals surface area contributed by atoms with E-state index in [9.17, 15) is 32.4 Å². The Balaban J connectivity index is 0.755. The number of benzene rings is 6. The first kappa shape index (κ1) is 66.8. The van der Waals surface area contributed by atoms with Gasteiger partial charge in [-0.05, 0) is 96.3 Å². The third-order valence-corrected chi connectivity index (χ3v) is 16.6. The number of anilines is 1. The molecule has 0 spiro atoms. The zero-order chi connectivity index (χ0) is 63.7. The molecule has 1 atom stereocenters. The fraction of sp³-hybridized carbons (Fsp3) is 0.324. The number of imidazole rings is 1. The fourth-order valence-electron chi connectivity index (χ4n) is 10.5. The van der Waals surface area contributed by atoms with Gasteiger partial charge in [0.2, 0.25) is 27.3 Å². The van der Waals surface area contributed by atoms with E-state index in [-0.39, 0.29) is 41.4 Å². The van der Waals surface area contributed by atoms with Gasteiger partial charge in [-0.15, -0.1) is 0 Å². The van der Waals surface area contributed by atoms with Crippen molar-refractivity contribution in [1.82, 2.24) is 34.8 Å². The average Bonchev–Trinajstić information content (AvgIpc) is 1.27. The second-order valence-corrected chi connectivity index (χ2v) is 22.9. The van der Waals surface area contributed by atoms with E-state index in [2.05, 4.69) is 67.0 Å². The SMILES string of the molecule is COC(=O)C(CNC(=O)c1cn(C)c2cc(CNc3nccn3C(c3ccccc3)(c3ccccc3)c3ccccc3)ccc2c1=O)NS(=O)(=O)c1c(C)cc(OCCCC(=O)NCCCOCCOCCOCCCNC(=O)OCc2ccccc2)cc1C. The molecule has 21 nitrogen and oxygen atoms in total. The molecule has 2 heterocycles. The highest BCUT2D eigenvalue weighted by Gasteiger charge is 2.40. The molecule has 0 aliphatic heterocycles. The first-order chi connectivity index (χ1) is 43.7. The smallest absolute Gasteiger partial charge is 0.407 e. The lowest BCUT2D eigenvalue weighted by Crippen LogP contribution is -2.49. The van der Waals surface area contributed by atoms with Crippen molar-refractivity contribution in [2.45, 2.75) is 69.2 Å². The monoisotopic (exact) mass is 1250 g/mol. The lowest BCUT2D eigenvalue weighted by atomic mass is 9.76. The van der Waals surface area contributed by atoms with Crippen molar-refractivity contribution in [2.75, 3.05) is 78.3 Å². The number of nitrogens with zero attached hydrogens (tertiary/aromatic N) is 3. The maximum atomic E-state index is 14.0. The Morgan fingerprint density at radius 1 is 0.656 bits per heavy atom. The molecule has 0 aliphatic rings. The number of rotatable bonds is 35. The van der Waals surface area contributed by atoms with Crippen LogP contribution in [0.1, 0.15) is 75.0 Å². The molecule has 0 saturated carbocycles. The van der Waals surface area contributed by atoms with Gasteiger partial charge in [-0.2, -0.15) is 4.72 Å². The van der Waals surface area contributed by atoms with Crippen molar-refractivity contribution in [2.24, 2.45) is 7.05 Å². The number of esters is 1. The Bertz CT molecular complexity index is 3700. The Labute approximate surface area is 524 Å². The van der Waals surface area contributed by atoms with Gasteiger partial charge in [-0.1, -0.05) is 127 Å². The van der Waals surface area contributed by atoms with Crippen LogP contribution in [0.25, 0.3) is 10.9 Å². The number of pyridine rings is 1. The minimum atomic E-state index is -4.41. The third kappa shape index (κ3) is 18.0. The maximum Gasteiger partial charge on any atom is 0.407 e. The lowest BCUT2D eigenvalue weighted by Gasteiger charge is -2.38. The summed E-state index contributed by atoms with van der Waals surface area (Å²) >= 11 is 0. The molecule has 474 valence electrons. The number of amides is 3. The van der Waals surface area contributed by atoms with Gasteiger partial charge in [0.25, 0.3) is 5.91 Å². The maximum absolute atomic E-state index is 14.0. The number of alkyl carbamates (subject to hydrolysis) is 1. The number of hydrogen-bond acceptors (Lipinski definition) is 15. The standard InChI is InChI=1S/C68H78N8O13S/c1-49-42-56(88-37-17-28-61(77)69-31-18-35-85-38-40-87-41-39-86-36-19-32-71-67(81)89-48-51-20-9-5-10-21-51)43-50(2)63(49)90(82,83)74-59(65(80)84-4)46-72-64(79)58-47-75(3)60-44-52(29-30-57(60)62(58)78)45-73-66-70-33-34-76(66)68(53-22-11-6-12-23-53,54-24-13-7-14-25-54)55-26-15-8-16-27-55/h5-16,20-27,29-30,33-34,42-44,47,59,74H,17-19,28,31-32,35-41,45-46,48H2,1-4H3,(H,69,77)(H,70,73)(H,71,81)(H,72,79). The van der Waals surface area contributed by atoms with Crippen molar-refractivity contribution in [3.63, 3.8) is 0 Å². The normalized spacial score (nSPS) is 11.8. The number of methoxy groups -OCH3 is 1. The van der Waals surface area contributed by atoms with Crippen LogP contribution in [0.4, 0.5) is 10.7 Å². The number of carbonyl (C=O) groups is 4. The van der Waals surface area contributed by atoms with E-state index in [4.69, 9.17) is 33.4 Å². The molecule has 0 radical (unpaired) electrons. The van der Waals surface area contributed by atoms with Gasteiger partial charge >= 0.3 is 12.1 Å². The highest BCUT2D eigenvalue weighted by Crippen LogP contribution is 2.42. The fourth-order valence-corrected chi connectivity index (χ4v) is 12.1. The second kappa shape index (κ2) is 33.4. The van der Waals surface area contributed by atoms with Crippen molar-refractivity contribution in [3.8, 4) is 5.75 Å². The van der Waals surface area contributed by atoms with Gasteiger partial charge in [0.05, 0.1) is 50.6 Å². The molecule has 3 amide bonds. The summed E-state index contributed by atoms with van der Waals surface area (Å²) in [5.74, 6) is -0.940. The molecule has 5 N–H and O–H groups in total. The predicted octanol–water partition coefficient (Wildman–Crippen LogP) is 8.09. The Kier molecular flexibility index (Phi) is 24.8. The molecule has 8 rings (SSSR count). The molecule has 22 heteroatoms. The highest BCUT2D eigenvalue weighted by molar-refractivity contribution is 7.89. The summed E-state index contributed by atoms with van der Waals surface area (Å²) in [7, 11) is -1.60. The molecule has 1 unspecified atom stereocenters. The largest absolute Gasteiger partial charge is 0.494 e. The summed E-state index contributed by atoms with van der Waals surface area (Å²) in [6.45, 7) is 6.79.